The number of anilines is 1. The van der Waals surface area contributed by atoms with E-state index in [1.807, 2.05) is 19.1 Å². The Morgan fingerprint density at radius 2 is 2.21 bits per heavy atom. The number of nitrogen functional groups attached to an aromatic ring is 1. The monoisotopic (exact) mass is 261 g/mol. The van der Waals surface area contributed by atoms with E-state index >= 15 is 0 Å². The third-order valence-corrected chi connectivity index (χ3v) is 3.61. The molecule has 1 aliphatic rings. The van der Waals surface area contributed by atoms with Crippen molar-refractivity contribution in [2.75, 3.05) is 25.4 Å². The van der Waals surface area contributed by atoms with E-state index in [4.69, 9.17) is 5.73 Å². The molecule has 0 aromatic heterocycles. The molecule has 0 aliphatic heterocycles. The van der Waals surface area contributed by atoms with Crippen molar-refractivity contribution >= 4 is 11.6 Å². The first kappa shape index (κ1) is 13.9. The molecule has 1 fully saturated rings. The molecule has 0 atom stereocenters. The van der Waals surface area contributed by atoms with Crippen molar-refractivity contribution in [1.82, 2.24) is 10.2 Å². The highest BCUT2D eigenvalue weighted by molar-refractivity contribution is 5.99. The molecule has 2 rings (SSSR count). The van der Waals surface area contributed by atoms with Gasteiger partial charge in [-0.05, 0) is 38.4 Å². The molecule has 4 heteroatoms. The number of hydrogen-bond donors (Lipinski definition) is 2. The lowest BCUT2D eigenvalue weighted by Crippen LogP contribution is -2.36. The number of carbonyl (C=O) groups excluding carboxylic acids is 1. The van der Waals surface area contributed by atoms with Gasteiger partial charge in [0.25, 0.3) is 5.91 Å². The number of nitrogens with zero attached hydrogens (tertiary/aromatic N) is 1. The SMILES string of the molecule is CCN(CCNC(=O)c1cc(C)ccc1N)C1CC1. The minimum absolute atomic E-state index is 0.0759. The molecule has 1 aromatic carbocycles. The van der Waals surface area contributed by atoms with Gasteiger partial charge in [-0.2, -0.15) is 0 Å². The number of rotatable bonds is 6. The molecule has 4 nitrogen and oxygen atoms in total. The number of nitrogens with two attached hydrogens (primary N) is 1. The van der Waals surface area contributed by atoms with Crippen LogP contribution in [0.1, 0.15) is 35.7 Å². The average molecular weight is 261 g/mol. The van der Waals surface area contributed by atoms with Crippen LogP contribution in [0.25, 0.3) is 0 Å². The van der Waals surface area contributed by atoms with Crippen molar-refractivity contribution in [2.24, 2.45) is 0 Å². The van der Waals surface area contributed by atoms with E-state index in [0.29, 0.717) is 17.8 Å². The standard InChI is InChI=1S/C15H23N3O/c1-3-18(12-5-6-12)9-8-17-15(19)13-10-11(2)4-7-14(13)16/h4,7,10,12H,3,5-6,8-9,16H2,1-2H3,(H,17,19). The summed E-state index contributed by atoms with van der Waals surface area (Å²) in [6.45, 7) is 6.77. The molecular formula is C15H23N3O. The van der Waals surface area contributed by atoms with Gasteiger partial charge in [0.1, 0.15) is 0 Å². The zero-order valence-electron chi connectivity index (χ0n) is 11.8. The number of carbonyl (C=O) groups is 1. The van der Waals surface area contributed by atoms with Gasteiger partial charge in [0, 0.05) is 24.8 Å². The van der Waals surface area contributed by atoms with E-state index in [9.17, 15) is 4.79 Å². The molecule has 1 saturated carbocycles. The minimum Gasteiger partial charge on any atom is -0.398 e. The summed E-state index contributed by atoms with van der Waals surface area (Å²) in [7, 11) is 0. The number of nitrogens with one attached hydrogen (secondary N) is 1. The molecule has 1 amide bonds. The van der Waals surface area contributed by atoms with Gasteiger partial charge in [-0.3, -0.25) is 9.69 Å². The fourth-order valence-electron chi connectivity index (χ4n) is 2.31. The van der Waals surface area contributed by atoms with Crippen molar-refractivity contribution in [3.63, 3.8) is 0 Å². The smallest absolute Gasteiger partial charge is 0.253 e. The number of aryl methyl sites for hydroxylation is 1. The highest BCUT2D eigenvalue weighted by atomic mass is 16.1. The Balaban J connectivity index is 1.85. The third kappa shape index (κ3) is 3.70. The van der Waals surface area contributed by atoms with Gasteiger partial charge in [0.05, 0.1) is 5.56 Å². The Bertz CT molecular complexity index is 455. The summed E-state index contributed by atoms with van der Waals surface area (Å²) in [5.74, 6) is -0.0759. The summed E-state index contributed by atoms with van der Waals surface area (Å²) < 4.78 is 0. The van der Waals surface area contributed by atoms with Gasteiger partial charge in [-0.25, -0.2) is 0 Å². The van der Waals surface area contributed by atoms with Crippen LogP contribution in [0.2, 0.25) is 0 Å². The van der Waals surface area contributed by atoms with Crippen LogP contribution in [0.5, 0.6) is 0 Å². The minimum atomic E-state index is -0.0759. The van der Waals surface area contributed by atoms with Crippen LogP contribution in [0.4, 0.5) is 5.69 Å². The number of amides is 1. The number of hydrogen-bond acceptors (Lipinski definition) is 3. The summed E-state index contributed by atoms with van der Waals surface area (Å²) in [4.78, 5) is 14.5. The average Bonchev–Trinajstić information content (AvgIpc) is 3.21. The molecule has 0 heterocycles. The van der Waals surface area contributed by atoms with Crippen LogP contribution in [-0.4, -0.2) is 36.5 Å². The predicted octanol–water partition coefficient (Wildman–Crippen LogP) is 1.79. The maximum Gasteiger partial charge on any atom is 0.253 e. The van der Waals surface area contributed by atoms with E-state index in [1.165, 1.54) is 12.8 Å². The van der Waals surface area contributed by atoms with Gasteiger partial charge >= 0.3 is 0 Å². The van der Waals surface area contributed by atoms with E-state index < -0.39 is 0 Å². The molecule has 19 heavy (non-hydrogen) atoms. The van der Waals surface area contributed by atoms with Crippen molar-refractivity contribution in [3.05, 3.63) is 29.3 Å². The third-order valence-electron chi connectivity index (χ3n) is 3.61. The molecular weight excluding hydrogens is 238 g/mol. The van der Waals surface area contributed by atoms with E-state index in [0.717, 1.165) is 24.7 Å². The summed E-state index contributed by atoms with van der Waals surface area (Å²) in [5.41, 5.74) is 8.00. The normalized spacial score (nSPS) is 14.7. The first-order valence-electron chi connectivity index (χ1n) is 7.00. The van der Waals surface area contributed by atoms with Gasteiger partial charge in [0.2, 0.25) is 0 Å². The fourth-order valence-corrected chi connectivity index (χ4v) is 2.31. The van der Waals surface area contributed by atoms with Crippen LogP contribution in [0, 0.1) is 6.92 Å². The number of likely N-dealkylation sites (N-methyl/N-ethyl adjacent to an activating group) is 1. The quantitative estimate of drug-likeness (QED) is 0.768. The van der Waals surface area contributed by atoms with Crippen LogP contribution < -0.4 is 11.1 Å². The molecule has 0 radical (unpaired) electrons. The van der Waals surface area contributed by atoms with Gasteiger partial charge in [-0.1, -0.05) is 18.6 Å². The maximum absolute atomic E-state index is 12.1. The van der Waals surface area contributed by atoms with Crippen molar-refractivity contribution in [1.29, 1.82) is 0 Å². The number of benzene rings is 1. The van der Waals surface area contributed by atoms with E-state index in [1.54, 1.807) is 6.07 Å². The lowest BCUT2D eigenvalue weighted by atomic mass is 10.1. The van der Waals surface area contributed by atoms with Crippen LogP contribution in [0.15, 0.2) is 18.2 Å². The molecule has 0 spiro atoms. The summed E-state index contributed by atoms with van der Waals surface area (Å²) in [6.07, 6.45) is 2.60. The zero-order chi connectivity index (χ0) is 13.8. The molecule has 0 unspecified atom stereocenters. The van der Waals surface area contributed by atoms with E-state index in [2.05, 4.69) is 17.1 Å². The molecule has 0 bridgehead atoms. The summed E-state index contributed by atoms with van der Waals surface area (Å²) in [6, 6.07) is 6.28. The molecule has 104 valence electrons. The first-order chi connectivity index (χ1) is 9.11. The first-order valence-corrected chi connectivity index (χ1v) is 7.00. The lowest BCUT2D eigenvalue weighted by Gasteiger charge is -2.19. The van der Waals surface area contributed by atoms with Gasteiger partial charge in [0.15, 0.2) is 0 Å². The van der Waals surface area contributed by atoms with Crippen LogP contribution in [0.3, 0.4) is 0 Å². The Labute approximate surface area is 115 Å². The second kappa shape index (κ2) is 6.06. The highest BCUT2D eigenvalue weighted by Gasteiger charge is 2.27. The molecule has 3 N–H and O–H groups in total. The van der Waals surface area contributed by atoms with Gasteiger partial charge in [-0.15, -0.1) is 0 Å². The Morgan fingerprint density at radius 3 is 2.84 bits per heavy atom. The van der Waals surface area contributed by atoms with Crippen LogP contribution >= 0.6 is 0 Å². The maximum atomic E-state index is 12.1. The molecule has 1 aliphatic carbocycles. The second-order valence-electron chi connectivity index (χ2n) is 5.21. The zero-order valence-corrected chi connectivity index (χ0v) is 11.8. The second-order valence-corrected chi connectivity index (χ2v) is 5.21. The molecule has 0 saturated heterocycles. The lowest BCUT2D eigenvalue weighted by molar-refractivity contribution is 0.0949. The van der Waals surface area contributed by atoms with E-state index in [-0.39, 0.29) is 5.91 Å². The van der Waals surface area contributed by atoms with Crippen molar-refractivity contribution < 1.29 is 4.79 Å². The largest absolute Gasteiger partial charge is 0.398 e. The summed E-state index contributed by atoms with van der Waals surface area (Å²) in [5, 5.41) is 2.95. The van der Waals surface area contributed by atoms with Crippen LogP contribution in [-0.2, 0) is 0 Å². The highest BCUT2D eigenvalue weighted by Crippen LogP contribution is 2.25. The Morgan fingerprint density at radius 1 is 1.47 bits per heavy atom. The molecule has 1 aromatic rings. The topological polar surface area (TPSA) is 58.4 Å². The Hall–Kier alpha value is -1.55. The van der Waals surface area contributed by atoms with Crippen molar-refractivity contribution in [2.45, 2.75) is 32.7 Å². The van der Waals surface area contributed by atoms with Gasteiger partial charge < -0.3 is 11.1 Å². The summed E-state index contributed by atoms with van der Waals surface area (Å²) >= 11 is 0. The predicted molar refractivity (Wildman–Crippen MR) is 78.2 cm³/mol. The van der Waals surface area contributed by atoms with Crippen molar-refractivity contribution in [3.8, 4) is 0 Å². The fraction of sp³-hybridized carbons (Fsp3) is 0.533. The Kier molecular flexibility index (Phi) is 4.43.